The molecule has 112 valence electrons. The van der Waals surface area contributed by atoms with Crippen LogP contribution in [0.5, 0.6) is 0 Å². The molecule has 0 aromatic heterocycles. The fourth-order valence-electron chi connectivity index (χ4n) is 3.81. The molecule has 0 bridgehead atoms. The maximum absolute atomic E-state index is 6.23. The van der Waals surface area contributed by atoms with Crippen molar-refractivity contribution in [1.29, 1.82) is 0 Å². The Balaban J connectivity index is 2.20. The van der Waals surface area contributed by atoms with Crippen molar-refractivity contribution in [3.8, 4) is 0 Å². The van der Waals surface area contributed by atoms with Crippen LogP contribution < -0.4 is 5.73 Å². The van der Waals surface area contributed by atoms with Crippen molar-refractivity contribution in [1.82, 2.24) is 4.90 Å². The maximum atomic E-state index is 6.23. The summed E-state index contributed by atoms with van der Waals surface area (Å²) < 4.78 is 0. The van der Waals surface area contributed by atoms with Gasteiger partial charge in [0.15, 0.2) is 0 Å². The van der Waals surface area contributed by atoms with E-state index in [-0.39, 0.29) is 11.0 Å². The average Bonchev–Trinajstić information content (AvgIpc) is 2.41. The quantitative estimate of drug-likeness (QED) is 0.907. The van der Waals surface area contributed by atoms with Crippen LogP contribution in [0.25, 0.3) is 0 Å². The van der Waals surface area contributed by atoms with E-state index in [0.29, 0.717) is 0 Å². The summed E-state index contributed by atoms with van der Waals surface area (Å²) in [5.74, 6) is 0. The molecular formula is C17H27ClN2. The molecule has 1 fully saturated rings. The minimum Gasteiger partial charge on any atom is -0.329 e. The van der Waals surface area contributed by atoms with Gasteiger partial charge >= 0.3 is 0 Å². The second kappa shape index (κ2) is 6.05. The van der Waals surface area contributed by atoms with Crippen LogP contribution in [0.3, 0.4) is 0 Å². The Bertz CT molecular complexity index is 441. The third-order valence-corrected chi connectivity index (χ3v) is 5.56. The summed E-state index contributed by atoms with van der Waals surface area (Å²) in [7, 11) is 2.22. The van der Waals surface area contributed by atoms with Gasteiger partial charge in [-0.1, -0.05) is 50.4 Å². The molecular weight excluding hydrogens is 268 g/mol. The summed E-state index contributed by atoms with van der Waals surface area (Å²) in [6.45, 7) is 6.40. The first-order valence-corrected chi connectivity index (χ1v) is 7.95. The summed E-state index contributed by atoms with van der Waals surface area (Å²) in [5.41, 5.74) is 7.89. The number of likely N-dealkylation sites (N-methyl/N-ethyl adjacent to an activating group) is 1. The molecule has 1 aliphatic rings. The highest BCUT2D eigenvalue weighted by Crippen LogP contribution is 2.46. The highest BCUT2D eigenvalue weighted by molar-refractivity contribution is 6.30. The van der Waals surface area contributed by atoms with Gasteiger partial charge < -0.3 is 5.73 Å². The maximum Gasteiger partial charge on any atom is 0.0406 e. The predicted molar refractivity (Wildman–Crippen MR) is 87.0 cm³/mol. The minimum absolute atomic E-state index is 0.102. The molecule has 0 spiro atoms. The van der Waals surface area contributed by atoms with E-state index < -0.39 is 0 Å². The second-order valence-corrected chi connectivity index (χ2v) is 7.25. The van der Waals surface area contributed by atoms with Crippen LogP contribution in [0.15, 0.2) is 24.3 Å². The van der Waals surface area contributed by atoms with Crippen LogP contribution in [0.1, 0.15) is 45.1 Å². The van der Waals surface area contributed by atoms with Crippen molar-refractivity contribution < 1.29 is 0 Å². The molecule has 0 amide bonds. The van der Waals surface area contributed by atoms with Gasteiger partial charge in [0, 0.05) is 23.7 Å². The van der Waals surface area contributed by atoms with Crippen LogP contribution in [-0.4, -0.2) is 24.0 Å². The van der Waals surface area contributed by atoms with Gasteiger partial charge in [-0.3, -0.25) is 4.90 Å². The number of nitrogens with two attached hydrogens (primary N) is 1. The number of nitrogens with zero attached hydrogens (tertiary/aromatic N) is 1. The molecule has 1 aromatic carbocycles. The average molecular weight is 295 g/mol. The molecule has 0 saturated heterocycles. The summed E-state index contributed by atoms with van der Waals surface area (Å²) >= 11 is 5.96. The largest absolute Gasteiger partial charge is 0.329 e. The van der Waals surface area contributed by atoms with Gasteiger partial charge in [0.25, 0.3) is 0 Å². The summed E-state index contributed by atoms with van der Waals surface area (Å²) in [5, 5.41) is 0.794. The first kappa shape index (κ1) is 15.8. The molecule has 2 N–H and O–H groups in total. The van der Waals surface area contributed by atoms with Gasteiger partial charge in [0.1, 0.15) is 0 Å². The Morgan fingerprint density at radius 3 is 2.30 bits per heavy atom. The zero-order chi connectivity index (χ0) is 14.8. The van der Waals surface area contributed by atoms with E-state index in [1.165, 1.54) is 31.2 Å². The Kier molecular flexibility index (Phi) is 4.78. The van der Waals surface area contributed by atoms with Crippen molar-refractivity contribution in [2.24, 2.45) is 11.1 Å². The second-order valence-electron chi connectivity index (χ2n) is 6.81. The van der Waals surface area contributed by atoms with E-state index in [1.54, 1.807) is 0 Å². The Morgan fingerprint density at radius 2 is 1.75 bits per heavy atom. The molecule has 20 heavy (non-hydrogen) atoms. The number of hydrogen-bond donors (Lipinski definition) is 1. The lowest BCUT2D eigenvalue weighted by atomic mass is 9.62. The van der Waals surface area contributed by atoms with Crippen molar-refractivity contribution in [3.63, 3.8) is 0 Å². The standard InChI is InChI=1S/C17H27ClN2/c1-16(2)10-4-5-11-17(16,13-19)20(3)12-14-6-8-15(18)9-7-14/h6-9H,4-5,10-13,19H2,1-3H3. The van der Waals surface area contributed by atoms with Crippen LogP contribution in [0.4, 0.5) is 0 Å². The van der Waals surface area contributed by atoms with Crippen molar-refractivity contribution >= 4 is 11.6 Å². The fourth-order valence-corrected chi connectivity index (χ4v) is 3.94. The molecule has 2 rings (SSSR count). The molecule has 0 heterocycles. The van der Waals surface area contributed by atoms with Gasteiger partial charge in [-0.15, -0.1) is 0 Å². The first-order valence-electron chi connectivity index (χ1n) is 7.57. The van der Waals surface area contributed by atoms with Crippen LogP contribution in [0, 0.1) is 5.41 Å². The van der Waals surface area contributed by atoms with Crippen molar-refractivity contribution in [2.45, 2.75) is 51.6 Å². The molecule has 1 aromatic rings. The highest BCUT2D eigenvalue weighted by atomic mass is 35.5. The molecule has 1 saturated carbocycles. The molecule has 1 atom stereocenters. The van der Waals surface area contributed by atoms with Gasteiger partial charge in [0.05, 0.1) is 0 Å². The normalized spacial score (nSPS) is 25.9. The Labute approximate surface area is 128 Å². The van der Waals surface area contributed by atoms with Gasteiger partial charge in [-0.05, 0) is 43.0 Å². The smallest absolute Gasteiger partial charge is 0.0406 e. The number of rotatable bonds is 4. The van der Waals surface area contributed by atoms with E-state index >= 15 is 0 Å². The Morgan fingerprint density at radius 1 is 1.15 bits per heavy atom. The zero-order valence-corrected chi connectivity index (χ0v) is 13.7. The van der Waals surface area contributed by atoms with Crippen molar-refractivity contribution in [2.75, 3.05) is 13.6 Å². The van der Waals surface area contributed by atoms with E-state index in [2.05, 4.69) is 37.9 Å². The molecule has 1 aliphatic carbocycles. The number of benzene rings is 1. The summed E-state index contributed by atoms with van der Waals surface area (Å²) in [6.07, 6.45) is 5.06. The summed E-state index contributed by atoms with van der Waals surface area (Å²) in [6, 6.07) is 8.15. The van der Waals surface area contributed by atoms with E-state index in [9.17, 15) is 0 Å². The molecule has 3 heteroatoms. The van der Waals surface area contributed by atoms with E-state index in [4.69, 9.17) is 17.3 Å². The number of halogens is 1. The number of hydrogen-bond acceptors (Lipinski definition) is 2. The fraction of sp³-hybridized carbons (Fsp3) is 0.647. The first-order chi connectivity index (χ1) is 9.41. The summed E-state index contributed by atoms with van der Waals surface area (Å²) in [4.78, 5) is 2.47. The predicted octanol–water partition coefficient (Wildman–Crippen LogP) is 4.07. The lowest BCUT2D eigenvalue weighted by Gasteiger charge is -2.55. The monoisotopic (exact) mass is 294 g/mol. The minimum atomic E-state index is 0.102. The van der Waals surface area contributed by atoms with Crippen LogP contribution in [0.2, 0.25) is 5.02 Å². The lowest BCUT2D eigenvalue weighted by molar-refractivity contribution is -0.0334. The van der Waals surface area contributed by atoms with Gasteiger partial charge in [0.2, 0.25) is 0 Å². The van der Waals surface area contributed by atoms with E-state index in [1.807, 2.05) is 12.1 Å². The third-order valence-electron chi connectivity index (χ3n) is 5.30. The highest BCUT2D eigenvalue weighted by Gasteiger charge is 2.48. The topological polar surface area (TPSA) is 29.3 Å². The molecule has 0 radical (unpaired) electrons. The third kappa shape index (κ3) is 2.88. The van der Waals surface area contributed by atoms with Crippen LogP contribution >= 0.6 is 11.6 Å². The zero-order valence-electron chi connectivity index (χ0n) is 13.0. The molecule has 0 aliphatic heterocycles. The van der Waals surface area contributed by atoms with Gasteiger partial charge in [-0.25, -0.2) is 0 Å². The molecule has 2 nitrogen and oxygen atoms in total. The van der Waals surface area contributed by atoms with Crippen molar-refractivity contribution in [3.05, 3.63) is 34.9 Å². The lowest BCUT2D eigenvalue weighted by Crippen LogP contribution is -2.62. The Hall–Kier alpha value is -0.570. The SMILES string of the molecule is CN(Cc1ccc(Cl)cc1)C1(CN)CCCCC1(C)C. The van der Waals surface area contributed by atoms with Gasteiger partial charge in [-0.2, -0.15) is 0 Å². The van der Waals surface area contributed by atoms with E-state index in [0.717, 1.165) is 18.1 Å². The van der Waals surface area contributed by atoms with Crippen LogP contribution in [-0.2, 0) is 6.54 Å². The molecule has 1 unspecified atom stereocenters.